The number of hydrogen-bond donors (Lipinski definition) is 1. The Kier molecular flexibility index (Phi) is 6.57. The predicted octanol–water partition coefficient (Wildman–Crippen LogP) is 0.827. The Bertz CT molecular complexity index is 232. The van der Waals surface area contributed by atoms with Crippen molar-refractivity contribution in [2.75, 3.05) is 58.9 Å². The van der Waals surface area contributed by atoms with Gasteiger partial charge in [0.05, 0.1) is 0 Å². The van der Waals surface area contributed by atoms with Crippen molar-refractivity contribution in [2.45, 2.75) is 38.6 Å². The van der Waals surface area contributed by atoms with E-state index < -0.39 is 0 Å². The second-order valence-corrected chi connectivity index (χ2v) is 6.07. The molecule has 19 heavy (non-hydrogen) atoms. The molecule has 4 nitrogen and oxygen atoms in total. The first-order valence-electron chi connectivity index (χ1n) is 8.22. The van der Waals surface area contributed by atoms with E-state index in [0.717, 1.165) is 13.0 Å². The smallest absolute Gasteiger partial charge is 0.0113 e. The van der Waals surface area contributed by atoms with Crippen molar-refractivity contribution in [2.24, 2.45) is 5.73 Å². The van der Waals surface area contributed by atoms with Gasteiger partial charge >= 0.3 is 0 Å². The fraction of sp³-hybridized carbons (Fsp3) is 1.00. The molecule has 2 aliphatic rings. The lowest BCUT2D eigenvalue weighted by Crippen LogP contribution is -2.51. The first-order chi connectivity index (χ1) is 9.33. The summed E-state index contributed by atoms with van der Waals surface area (Å²) in [6.45, 7) is 13.3. The minimum atomic E-state index is 0.714. The third kappa shape index (κ3) is 4.71. The molecule has 0 amide bonds. The van der Waals surface area contributed by atoms with E-state index in [9.17, 15) is 0 Å². The SMILES string of the molecule is CCC(CCN)N1CCN(CCN2CCCC2)CC1. The minimum Gasteiger partial charge on any atom is -0.330 e. The van der Waals surface area contributed by atoms with Gasteiger partial charge in [-0.15, -0.1) is 0 Å². The number of rotatable bonds is 7. The maximum Gasteiger partial charge on any atom is 0.0113 e. The number of likely N-dealkylation sites (tertiary alicyclic amines) is 1. The van der Waals surface area contributed by atoms with Crippen LogP contribution in [0.5, 0.6) is 0 Å². The summed E-state index contributed by atoms with van der Waals surface area (Å²) in [6, 6.07) is 0.714. The molecular formula is C15H32N4. The van der Waals surface area contributed by atoms with E-state index in [2.05, 4.69) is 21.6 Å². The summed E-state index contributed by atoms with van der Waals surface area (Å²) in [5.41, 5.74) is 5.71. The van der Waals surface area contributed by atoms with E-state index in [1.165, 1.54) is 71.6 Å². The molecule has 2 N–H and O–H groups in total. The Morgan fingerprint density at radius 3 is 2.00 bits per heavy atom. The fourth-order valence-corrected chi connectivity index (χ4v) is 3.48. The lowest BCUT2D eigenvalue weighted by atomic mass is 10.1. The molecule has 0 radical (unpaired) electrons. The van der Waals surface area contributed by atoms with E-state index in [0.29, 0.717) is 6.04 Å². The molecule has 2 saturated heterocycles. The molecule has 4 heteroatoms. The monoisotopic (exact) mass is 268 g/mol. The third-order valence-corrected chi connectivity index (χ3v) is 4.83. The van der Waals surface area contributed by atoms with Crippen LogP contribution in [0, 0.1) is 0 Å². The summed E-state index contributed by atoms with van der Waals surface area (Å²) < 4.78 is 0. The van der Waals surface area contributed by atoms with Crippen molar-refractivity contribution >= 4 is 0 Å². The van der Waals surface area contributed by atoms with Crippen LogP contribution in [0.2, 0.25) is 0 Å². The number of hydrogen-bond acceptors (Lipinski definition) is 4. The molecule has 1 atom stereocenters. The zero-order valence-corrected chi connectivity index (χ0v) is 12.7. The Morgan fingerprint density at radius 2 is 1.47 bits per heavy atom. The lowest BCUT2D eigenvalue weighted by Gasteiger charge is -2.39. The Morgan fingerprint density at radius 1 is 0.895 bits per heavy atom. The van der Waals surface area contributed by atoms with E-state index >= 15 is 0 Å². The topological polar surface area (TPSA) is 35.7 Å². The van der Waals surface area contributed by atoms with Crippen LogP contribution in [-0.4, -0.2) is 79.6 Å². The number of nitrogens with zero attached hydrogens (tertiary/aromatic N) is 3. The average Bonchev–Trinajstić information content (AvgIpc) is 2.96. The molecule has 2 fully saturated rings. The highest BCUT2D eigenvalue weighted by molar-refractivity contribution is 4.79. The van der Waals surface area contributed by atoms with Crippen LogP contribution in [0.1, 0.15) is 32.6 Å². The molecule has 2 heterocycles. The van der Waals surface area contributed by atoms with Gasteiger partial charge in [0.2, 0.25) is 0 Å². The first kappa shape index (κ1) is 15.2. The van der Waals surface area contributed by atoms with Crippen molar-refractivity contribution in [3.63, 3.8) is 0 Å². The quantitative estimate of drug-likeness (QED) is 0.742. The summed E-state index contributed by atoms with van der Waals surface area (Å²) in [5.74, 6) is 0. The second-order valence-electron chi connectivity index (χ2n) is 6.07. The molecule has 1 unspecified atom stereocenters. The van der Waals surface area contributed by atoms with Gasteiger partial charge in [-0.3, -0.25) is 9.80 Å². The zero-order chi connectivity index (χ0) is 13.5. The van der Waals surface area contributed by atoms with E-state index in [4.69, 9.17) is 5.73 Å². The molecule has 0 bridgehead atoms. The molecule has 0 saturated carbocycles. The lowest BCUT2D eigenvalue weighted by molar-refractivity contribution is 0.0855. The summed E-state index contributed by atoms with van der Waals surface area (Å²) in [6.07, 6.45) is 5.21. The largest absolute Gasteiger partial charge is 0.330 e. The van der Waals surface area contributed by atoms with Gasteiger partial charge in [0, 0.05) is 45.3 Å². The van der Waals surface area contributed by atoms with Crippen molar-refractivity contribution in [3.8, 4) is 0 Å². The van der Waals surface area contributed by atoms with Gasteiger partial charge in [-0.1, -0.05) is 6.92 Å². The van der Waals surface area contributed by atoms with Gasteiger partial charge in [0.25, 0.3) is 0 Å². The molecule has 0 aliphatic carbocycles. The van der Waals surface area contributed by atoms with Gasteiger partial charge in [-0.25, -0.2) is 0 Å². The van der Waals surface area contributed by atoms with Gasteiger partial charge in [0.15, 0.2) is 0 Å². The van der Waals surface area contributed by atoms with Crippen LogP contribution in [0.15, 0.2) is 0 Å². The summed E-state index contributed by atoms with van der Waals surface area (Å²) in [7, 11) is 0. The van der Waals surface area contributed by atoms with Crippen LogP contribution >= 0.6 is 0 Å². The number of nitrogens with two attached hydrogens (primary N) is 1. The zero-order valence-electron chi connectivity index (χ0n) is 12.7. The van der Waals surface area contributed by atoms with E-state index in [1.54, 1.807) is 0 Å². The summed E-state index contributed by atoms with van der Waals surface area (Å²) >= 11 is 0. The molecule has 0 spiro atoms. The van der Waals surface area contributed by atoms with Gasteiger partial charge in [-0.2, -0.15) is 0 Å². The Labute approximate surface area is 118 Å². The van der Waals surface area contributed by atoms with Crippen molar-refractivity contribution in [1.29, 1.82) is 0 Å². The highest BCUT2D eigenvalue weighted by atomic mass is 15.3. The highest BCUT2D eigenvalue weighted by Gasteiger charge is 2.22. The predicted molar refractivity (Wildman–Crippen MR) is 81.4 cm³/mol. The van der Waals surface area contributed by atoms with Crippen molar-refractivity contribution in [1.82, 2.24) is 14.7 Å². The fourth-order valence-electron chi connectivity index (χ4n) is 3.48. The number of piperazine rings is 1. The molecule has 0 aromatic carbocycles. The third-order valence-electron chi connectivity index (χ3n) is 4.83. The van der Waals surface area contributed by atoms with E-state index in [-0.39, 0.29) is 0 Å². The van der Waals surface area contributed by atoms with Crippen molar-refractivity contribution in [3.05, 3.63) is 0 Å². The second kappa shape index (κ2) is 8.20. The normalized spacial score (nSPS) is 24.9. The van der Waals surface area contributed by atoms with Gasteiger partial charge in [0.1, 0.15) is 0 Å². The van der Waals surface area contributed by atoms with Crippen molar-refractivity contribution < 1.29 is 0 Å². The standard InChI is InChI=1S/C15H32N4/c1-2-15(5-6-16)19-13-11-18(12-14-19)10-9-17-7-3-4-8-17/h15H,2-14,16H2,1H3. The Balaban J connectivity index is 1.63. The molecule has 2 aliphatic heterocycles. The maximum atomic E-state index is 5.71. The average molecular weight is 268 g/mol. The van der Waals surface area contributed by atoms with Gasteiger partial charge < -0.3 is 10.6 Å². The first-order valence-corrected chi connectivity index (χ1v) is 8.22. The molecule has 0 aromatic heterocycles. The molecular weight excluding hydrogens is 236 g/mol. The van der Waals surface area contributed by atoms with Crippen LogP contribution < -0.4 is 5.73 Å². The Hall–Kier alpha value is -0.160. The summed E-state index contributed by atoms with van der Waals surface area (Å²) in [4.78, 5) is 7.92. The van der Waals surface area contributed by atoms with Crippen LogP contribution in [-0.2, 0) is 0 Å². The molecule has 112 valence electrons. The minimum absolute atomic E-state index is 0.714. The molecule has 2 rings (SSSR count). The van der Waals surface area contributed by atoms with Gasteiger partial charge in [-0.05, 0) is 45.3 Å². The van der Waals surface area contributed by atoms with Crippen LogP contribution in [0.4, 0.5) is 0 Å². The molecule has 0 aromatic rings. The highest BCUT2D eigenvalue weighted by Crippen LogP contribution is 2.12. The van der Waals surface area contributed by atoms with E-state index in [1.807, 2.05) is 0 Å². The van der Waals surface area contributed by atoms with Crippen LogP contribution in [0.3, 0.4) is 0 Å². The maximum absolute atomic E-state index is 5.71. The summed E-state index contributed by atoms with van der Waals surface area (Å²) in [5, 5.41) is 0. The van der Waals surface area contributed by atoms with Crippen LogP contribution in [0.25, 0.3) is 0 Å².